The fourth-order valence-corrected chi connectivity index (χ4v) is 2.80. The molecule has 3 rings (SSSR count). The second-order valence-corrected chi connectivity index (χ2v) is 6.21. The number of ether oxygens (including phenoxy) is 1. The highest BCUT2D eigenvalue weighted by Crippen LogP contribution is 2.35. The van der Waals surface area contributed by atoms with Crippen LogP contribution in [-0.2, 0) is 6.18 Å². The molecule has 1 aromatic carbocycles. The quantitative estimate of drug-likeness (QED) is 0.572. The first-order valence-corrected chi connectivity index (χ1v) is 8.58. The third-order valence-electron chi connectivity index (χ3n) is 3.29. The molecule has 0 spiro atoms. The summed E-state index contributed by atoms with van der Waals surface area (Å²) in [5.41, 5.74) is 0.340. The van der Waals surface area contributed by atoms with E-state index in [2.05, 4.69) is 20.8 Å². The molecule has 7 nitrogen and oxygen atoms in total. The number of anilines is 2. The lowest BCUT2D eigenvalue weighted by Crippen LogP contribution is -2.20. The van der Waals surface area contributed by atoms with Crippen molar-refractivity contribution in [3.63, 3.8) is 0 Å². The van der Waals surface area contributed by atoms with Crippen molar-refractivity contribution in [2.24, 2.45) is 0 Å². The first-order valence-electron chi connectivity index (χ1n) is 7.77. The summed E-state index contributed by atoms with van der Waals surface area (Å²) in [6.07, 6.45) is -3.28. The van der Waals surface area contributed by atoms with E-state index in [1.165, 1.54) is 12.3 Å². The first-order chi connectivity index (χ1) is 13.3. The molecule has 0 unspecified atom stereocenters. The van der Waals surface area contributed by atoms with Crippen molar-refractivity contribution in [2.45, 2.75) is 13.1 Å². The maximum absolute atomic E-state index is 14.2. The standard InChI is InChI=1S/C16H12F4N4O3S/c1-2-26-12-6-8(11-4-3-5-27-11)10(7-9(12)17)21-14(25)22-15-24-23-13(28-15)16(18,19)20/h3-7H,2H2,1H3,(H2,21,22,24,25). The summed E-state index contributed by atoms with van der Waals surface area (Å²) in [7, 11) is 0. The molecule has 28 heavy (non-hydrogen) atoms. The molecular weight excluding hydrogens is 404 g/mol. The lowest BCUT2D eigenvalue weighted by Gasteiger charge is -2.13. The molecule has 0 radical (unpaired) electrons. The van der Waals surface area contributed by atoms with Crippen LogP contribution >= 0.6 is 11.3 Å². The molecule has 12 heteroatoms. The summed E-state index contributed by atoms with van der Waals surface area (Å²) in [5, 5.41) is 9.13. The van der Waals surface area contributed by atoms with E-state index < -0.39 is 23.0 Å². The number of hydrogen-bond acceptors (Lipinski definition) is 6. The minimum atomic E-state index is -4.67. The molecule has 0 fully saturated rings. The Morgan fingerprint density at radius 3 is 2.68 bits per heavy atom. The van der Waals surface area contributed by atoms with Crippen LogP contribution in [0, 0.1) is 5.82 Å². The third kappa shape index (κ3) is 4.39. The largest absolute Gasteiger partial charge is 0.491 e. The molecule has 0 aliphatic rings. The van der Waals surface area contributed by atoms with Gasteiger partial charge in [0.2, 0.25) is 10.1 Å². The smallest absolute Gasteiger partial charge is 0.445 e. The number of aromatic nitrogens is 2. The number of nitrogens with zero attached hydrogens (tertiary/aromatic N) is 2. The average molecular weight is 416 g/mol. The Morgan fingerprint density at radius 2 is 2.07 bits per heavy atom. The van der Waals surface area contributed by atoms with Gasteiger partial charge in [0.15, 0.2) is 11.6 Å². The predicted molar refractivity (Wildman–Crippen MR) is 92.8 cm³/mol. The fraction of sp³-hybridized carbons (Fsp3) is 0.188. The van der Waals surface area contributed by atoms with E-state index in [9.17, 15) is 22.4 Å². The topological polar surface area (TPSA) is 89.3 Å². The molecule has 2 amide bonds. The zero-order chi connectivity index (χ0) is 20.3. The number of furan rings is 1. The van der Waals surface area contributed by atoms with Crippen molar-refractivity contribution in [1.82, 2.24) is 10.2 Å². The number of amides is 2. The molecule has 0 bridgehead atoms. The van der Waals surface area contributed by atoms with Crippen LogP contribution in [0.4, 0.5) is 33.2 Å². The van der Waals surface area contributed by atoms with Gasteiger partial charge in [-0.15, -0.1) is 10.2 Å². The molecule has 2 aromatic heterocycles. The Hall–Kier alpha value is -3.15. The number of nitrogens with one attached hydrogen (secondary N) is 2. The van der Waals surface area contributed by atoms with Crippen LogP contribution in [0.5, 0.6) is 5.75 Å². The van der Waals surface area contributed by atoms with Gasteiger partial charge >= 0.3 is 12.2 Å². The van der Waals surface area contributed by atoms with Gasteiger partial charge in [-0.25, -0.2) is 9.18 Å². The number of halogens is 4. The fourth-order valence-electron chi connectivity index (χ4n) is 2.20. The summed E-state index contributed by atoms with van der Waals surface area (Å²) in [6.45, 7) is 1.91. The monoisotopic (exact) mass is 416 g/mol. The van der Waals surface area contributed by atoms with Crippen LogP contribution in [0.1, 0.15) is 11.9 Å². The van der Waals surface area contributed by atoms with Crippen LogP contribution in [-0.4, -0.2) is 22.8 Å². The van der Waals surface area contributed by atoms with Crippen molar-refractivity contribution in [3.8, 4) is 17.1 Å². The molecule has 0 aliphatic heterocycles. The van der Waals surface area contributed by atoms with Crippen molar-refractivity contribution in [1.29, 1.82) is 0 Å². The Kier molecular flexibility index (Phi) is 5.49. The van der Waals surface area contributed by atoms with Gasteiger partial charge in [-0.05, 0) is 25.1 Å². The van der Waals surface area contributed by atoms with E-state index in [0.717, 1.165) is 6.07 Å². The number of benzene rings is 1. The molecule has 0 aliphatic carbocycles. The van der Waals surface area contributed by atoms with Crippen molar-refractivity contribution in [2.75, 3.05) is 17.2 Å². The highest BCUT2D eigenvalue weighted by atomic mass is 32.1. The summed E-state index contributed by atoms with van der Waals surface area (Å²) in [6, 6.07) is 4.63. The maximum atomic E-state index is 14.2. The lowest BCUT2D eigenvalue weighted by molar-refractivity contribution is -0.138. The van der Waals surface area contributed by atoms with Crippen molar-refractivity contribution >= 4 is 28.2 Å². The van der Waals surface area contributed by atoms with Crippen molar-refractivity contribution in [3.05, 3.63) is 41.4 Å². The van der Waals surface area contributed by atoms with Crippen LogP contribution in [0.2, 0.25) is 0 Å². The number of hydrogen-bond donors (Lipinski definition) is 2. The summed E-state index contributed by atoms with van der Waals surface area (Å²) in [4.78, 5) is 12.1. The van der Waals surface area contributed by atoms with E-state index in [-0.39, 0.29) is 34.5 Å². The van der Waals surface area contributed by atoms with Crippen LogP contribution in [0.25, 0.3) is 11.3 Å². The molecule has 2 N–H and O–H groups in total. The van der Waals surface area contributed by atoms with Crippen LogP contribution in [0.15, 0.2) is 34.9 Å². The van der Waals surface area contributed by atoms with E-state index in [1.54, 1.807) is 19.1 Å². The third-order valence-corrected chi connectivity index (χ3v) is 4.18. The second-order valence-electron chi connectivity index (χ2n) is 5.23. The Balaban J connectivity index is 1.83. The Labute approximate surface area is 159 Å². The normalized spacial score (nSPS) is 11.3. The predicted octanol–water partition coefficient (Wildman–Crippen LogP) is 5.00. The lowest BCUT2D eigenvalue weighted by atomic mass is 10.1. The molecular formula is C16H12F4N4O3S. The molecule has 0 atom stereocenters. The minimum absolute atomic E-state index is 0.0222. The summed E-state index contributed by atoms with van der Waals surface area (Å²) >= 11 is 0.161. The Morgan fingerprint density at radius 1 is 1.29 bits per heavy atom. The molecule has 2 heterocycles. The maximum Gasteiger partial charge on any atom is 0.445 e. The number of carbonyl (C=O) groups excluding carboxylic acids is 1. The van der Waals surface area contributed by atoms with E-state index in [0.29, 0.717) is 11.3 Å². The van der Waals surface area contributed by atoms with Crippen LogP contribution in [0.3, 0.4) is 0 Å². The highest BCUT2D eigenvalue weighted by molar-refractivity contribution is 7.15. The van der Waals surface area contributed by atoms with E-state index in [1.807, 2.05) is 0 Å². The average Bonchev–Trinajstić information content (AvgIpc) is 3.28. The second kappa shape index (κ2) is 7.84. The van der Waals surface area contributed by atoms with Crippen LogP contribution < -0.4 is 15.4 Å². The van der Waals surface area contributed by atoms with Crippen molar-refractivity contribution < 1.29 is 31.5 Å². The zero-order valence-electron chi connectivity index (χ0n) is 14.1. The number of alkyl halides is 3. The summed E-state index contributed by atoms with van der Waals surface area (Å²) < 4.78 is 62.3. The zero-order valence-corrected chi connectivity index (χ0v) is 14.9. The van der Waals surface area contributed by atoms with Gasteiger partial charge in [-0.2, -0.15) is 13.2 Å². The number of carbonyl (C=O) groups is 1. The summed E-state index contributed by atoms with van der Waals surface area (Å²) in [5.74, 6) is -0.451. The highest BCUT2D eigenvalue weighted by Gasteiger charge is 2.35. The number of urea groups is 1. The molecule has 148 valence electrons. The van der Waals surface area contributed by atoms with Gasteiger partial charge in [0.05, 0.1) is 18.6 Å². The molecule has 0 saturated carbocycles. The van der Waals surface area contributed by atoms with Gasteiger partial charge in [-0.3, -0.25) is 5.32 Å². The minimum Gasteiger partial charge on any atom is -0.491 e. The van der Waals surface area contributed by atoms with E-state index >= 15 is 0 Å². The Bertz CT molecular complexity index is 973. The van der Waals surface area contributed by atoms with Gasteiger partial charge in [0, 0.05) is 11.6 Å². The first kappa shape index (κ1) is 19.6. The van der Waals surface area contributed by atoms with Gasteiger partial charge in [0.1, 0.15) is 5.76 Å². The molecule has 0 saturated heterocycles. The van der Waals surface area contributed by atoms with Gasteiger partial charge < -0.3 is 14.5 Å². The van der Waals surface area contributed by atoms with Gasteiger partial charge in [-0.1, -0.05) is 11.3 Å². The SMILES string of the molecule is CCOc1cc(-c2ccco2)c(NC(=O)Nc2nnc(C(F)(F)F)s2)cc1F. The van der Waals surface area contributed by atoms with Gasteiger partial charge in [0.25, 0.3) is 0 Å². The number of rotatable bonds is 5. The van der Waals surface area contributed by atoms with E-state index in [4.69, 9.17) is 9.15 Å². The molecule has 3 aromatic rings.